The zero-order valence-corrected chi connectivity index (χ0v) is 8.13. The molecule has 74 valence electrons. The molecular weight excluding hydrogens is 179 g/mol. The number of aliphatic imine (C=N–C) groups is 1. The third-order valence-electron chi connectivity index (χ3n) is 2.28. The van der Waals surface area contributed by atoms with Crippen molar-refractivity contribution in [3.63, 3.8) is 0 Å². The summed E-state index contributed by atoms with van der Waals surface area (Å²) >= 11 is 0. The van der Waals surface area contributed by atoms with Gasteiger partial charge in [-0.25, -0.2) is 9.38 Å². The van der Waals surface area contributed by atoms with Crippen LogP contribution in [0.25, 0.3) is 0 Å². The van der Waals surface area contributed by atoms with Gasteiger partial charge >= 0.3 is 0 Å². The number of rotatable bonds is 2. The topological polar surface area (TPSA) is 38.4 Å². The van der Waals surface area contributed by atoms with E-state index in [4.69, 9.17) is 5.73 Å². The number of benzene rings is 1. The van der Waals surface area contributed by atoms with Crippen molar-refractivity contribution in [2.75, 3.05) is 0 Å². The lowest BCUT2D eigenvalue weighted by molar-refractivity contribution is 0.627. The molecule has 0 heterocycles. The third kappa shape index (κ3) is 2.10. The molecule has 1 saturated carbocycles. The van der Waals surface area contributed by atoms with Crippen LogP contribution in [0, 0.1) is 18.7 Å². The monoisotopic (exact) mass is 192 g/mol. The third-order valence-corrected chi connectivity index (χ3v) is 2.28. The van der Waals surface area contributed by atoms with E-state index in [9.17, 15) is 4.39 Å². The van der Waals surface area contributed by atoms with Gasteiger partial charge in [-0.15, -0.1) is 0 Å². The highest BCUT2D eigenvalue weighted by molar-refractivity contribution is 5.87. The van der Waals surface area contributed by atoms with Gasteiger partial charge in [-0.1, -0.05) is 0 Å². The Balaban J connectivity index is 2.27. The van der Waals surface area contributed by atoms with Gasteiger partial charge in [-0.3, -0.25) is 0 Å². The van der Waals surface area contributed by atoms with Gasteiger partial charge in [0.1, 0.15) is 11.7 Å². The van der Waals surface area contributed by atoms with E-state index in [0.29, 0.717) is 17.4 Å². The molecule has 2 nitrogen and oxygen atoms in total. The van der Waals surface area contributed by atoms with Crippen LogP contribution >= 0.6 is 0 Å². The maximum Gasteiger partial charge on any atom is 0.125 e. The van der Waals surface area contributed by atoms with Crippen molar-refractivity contribution in [3.8, 4) is 0 Å². The summed E-state index contributed by atoms with van der Waals surface area (Å²) in [5.74, 6) is 0.806. The molecule has 14 heavy (non-hydrogen) atoms. The Hall–Kier alpha value is -1.38. The molecule has 2 N–H and O–H groups in total. The lowest BCUT2D eigenvalue weighted by atomic mass is 10.2. The SMILES string of the molecule is Cc1cc(F)cc(N=C(N)C2CC2)c1. The first kappa shape index (κ1) is 9.19. The molecule has 0 bridgehead atoms. The molecule has 0 saturated heterocycles. The Labute approximate surface area is 82.7 Å². The smallest absolute Gasteiger partial charge is 0.125 e. The second kappa shape index (κ2) is 3.40. The van der Waals surface area contributed by atoms with Crippen molar-refractivity contribution in [1.82, 2.24) is 0 Å². The number of halogens is 1. The Morgan fingerprint density at radius 3 is 2.71 bits per heavy atom. The van der Waals surface area contributed by atoms with E-state index in [1.54, 1.807) is 0 Å². The summed E-state index contributed by atoms with van der Waals surface area (Å²) in [5.41, 5.74) is 7.22. The van der Waals surface area contributed by atoms with Gasteiger partial charge < -0.3 is 5.73 Å². The molecule has 2 rings (SSSR count). The molecule has 1 aromatic rings. The normalized spacial score (nSPS) is 17.1. The summed E-state index contributed by atoms with van der Waals surface area (Å²) in [5, 5.41) is 0. The van der Waals surface area contributed by atoms with Gasteiger partial charge in [-0.05, 0) is 43.5 Å². The van der Waals surface area contributed by atoms with Crippen molar-refractivity contribution in [2.45, 2.75) is 19.8 Å². The minimum absolute atomic E-state index is 0.257. The average molecular weight is 192 g/mol. The van der Waals surface area contributed by atoms with Crippen molar-refractivity contribution < 1.29 is 4.39 Å². The van der Waals surface area contributed by atoms with Crippen LogP contribution in [0.3, 0.4) is 0 Å². The largest absolute Gasteiger partial charge is 0.387 e. The Morgan fingerprint density at radius 2 is 2.14 bits per heavy atom. The van der Waals surface area contributed by atoms with E-state index in [1.165, 1.54) is 12.1 Å². The van der Waals surface area contributed by atoms with E-state index >= 15 is 0 Å². The molecule has 1 aromatic carbocycles. The van der Waals surface area contributed by atoms with E-state index in [0.717, 1.165) is 18.4 Å². The zero-order chi connectivity index (χ0) is 10.1. The number of nitrogens with zero attached hydrogens (tertiary/aromatic N) is 1. The number of hydrogen-bond donors (Lipinski definition) is 1. The summed E-state index contributed by atoms with van der Waals surface area (Å²) in [4.78, 5) is 4.20. The van der Waals surface area contributed by atoms with Crippen molar-refractivity contribution in [3.05, 3.63) is 29.6 Å². The van der Waals surface area contributed by atoms with Crippen LogP contribution in [0.5, 0.6) is 0 Å². The lowest BCUT2D eigenvalue weighted by Crippen LogP contribution is -2.13. The zero-order valence-electron chi connectivity index (χ0n) is 8.13. The van der Waals surface area contributed by atoms with E-state index < -0.39 is 0 Å². The van der Waals surface area contributed by atoms with Gasteiger partial charge in [0.2, 0.25) is 0 Å². The van der Waals surface area contributed by atoms with Crippen molar-refractivity contribution >= 4 is 11.5 Å². The van der Waals surface area contributed by atoms with Gasteiger partial charge in [0.05, 0.1) is 5.69 Å². The quantitative estimate of drug-likeness (QED) is 0.567. The van der Waals surface area contributed by atoms with Gasteiger partial charge in [0.15, 0.2) is 0 Å². The molecule has 0 spiro atoms. The molecule has 1 aliphatic rings. The van der Waals surface area contributed by atoms with Crippen LogP contribution in [0.4, 0.5) is 10.1 Å². The summed E-state index contributed by atoms with van der Waals surface area (Å²) in [7, 11) is 0. The Kier molecular flexibility index (Phi) is 2.23. The molecular formula is C11H13FN2. The fraction of sp³-hybridized carbons (Fsp3) is 0.364. The molecule has 1 fully saturated rings. The van der Waals surface area contributed by atoms with E-state index in [2.05, 4.69) is 4.99 Å². The van der Waals surface area contributed by atoms with Gasteiger partial charge in [-0.2, -0.15) is 0 Å². The highest BCUT2D eigenvalue weighted by atomic mass is 19.1. The standard InChI is InChI=1S/C11H13FN2/c1-7-4-9(12)6-10(5-7)14-11(13)8-2-3-8/h4-6,8H,2-3H2,1H3,(H2,13,14). The molecule has 0 amide bonds. The molecule has 0 aliphatic heterocycles. The van der Waals surface area contributed by atoms with Crippen LogP contribution in [-0.4, -0.2) is 5.84 Å². The molecule has 3 heteroatoms. The molecule has 0 radical (unpaired) electrons. The molecule has 1 aliphatic carbocycles. The summed E-state index contributed by atoms with van der Waals surface area (Å²) in [6, 6.07) is 4.72. The summed E-state index contributed by atoms with van der Waals surface area (Å²) < 4.78 is 13.0. The first-order chi connectivity index (χ1) is 6.65. The highest BCUT2D eigenvalue weighted by Gasteiger charge is 2.25. The Morgan fingerprint density at radius 1 is 1.43 bits per heavy atom. The van der Waals surface area contributed by atoms with Crippen LogP contribution in [0.2, 0.25) is 0 Å². The summed E-state index contributed by atoms with van der Waals surface area (Å²) in [6.45, 7) is 1.84. The number of hydrogen-bond acceptors (Lipinski definition) is 1. The van der Waals surface area contributed by atoms with E-state index in [-0.39, 0.29) is 5.82 Å². The van der Waals surface area contributed by atoms with Crippen LogP contribution < -0.4 is 5.73 Å². The minimum atomic E-state index is -0.257. The fourth-order valence-corrected chi connectivity index (χ4v) is 1.40. The average Bonchev–Trinajstić information content (AvgIpc) is 2.82. The Bertz CT molecular complexity index is 361. The van der Waals surface area contributed by atoms with Crippen LogP contribution in [0.1, 0.15) is 18.4 Å². The maximum atomic E-state index is 13.0. The van der Waals surface area contributed by atoms with Gasteiger partial charge in [0, 0.05) is 5.92 Å². The first-order valence-corrected chi connectivity index (χ1v) is 4.76. The second-order valence-corrected chi connectivity index (χ2v) is 3.80. The second-order valence-electron chi connectivity index (χ2n) is 3.80. The van der Waals surface area contributed by atoms with E-state index in [1.807, 2.05) is 13.0 Å². The molecule has 0 atom stereocenters. The van der Waals surface area contributed by atoms with Crippen LogP contribution in [0.15, 0.2) is 23.2 Å². The van der Waals surface area contributed by atoms with Crippen LogP contribution in [-0.2, 0) is 0 Å². The predicted molar refractivity (Wildman–Crippen MR) is 55.1 cm³/mol. The molecule has 0 unspecified atom stereocenters. The minimum Gasteiger partial charge on any atom is -0.387 e. The fourth-order valence-electron chi connectivity index (χ4n) is 1.40. The summed E-state index contributed by atoms with van der Waals surface area (Å²) in [6.07, 6.45) is 2.23. The maximum absolute atomic E-state index is 13.0. The van der Waals surface area contributed by atoms with Crippen molar-refractivity contribution in [1.29, 1.82) is 0 Å². The van der Waals surface area contributed by atoms with Crippen molar-refractivity contribution in [2.24, 2.45) is 16.6 Å². The van der Waals surface area contributed by atoms with Gasteiger partial charge in [0.25, 0.3) is 0 Å². The predicted octanol–water partition coefficient (Wildman–Crippen LogP) is 2.53. The highest BCUT2D eigenvalue weighted by Crippen LogP contribution is 2.30. The lowest BCUT2D eigenvalue weighted by Gasteiger charge is -2.00. The number of nitrogens with two attached hydrogens (primary N) is 1. The first-order valence-electron chi connectivity index (χ1n) is 4.76. The molecule has 0 aromatic heterocycles. The number of amidine groups is 1. The number of aryl methyl sites for hydroxylation is 1.